The van der Waals surface area contributed by atoms with Gasteiger partial charge in [0.1, 0.15) is 0 Å². The molecule has 12 aromatic rings. The Morgan fingerprint density at radius 1 is 0.250 bits per heavy atom. The quantitative estimate of drug-likeness (QED) is 0.133. The molecule has 320 valence electrons. The SMILES string of the molecule is c1ccc(-c2ccccc2-c2ccc(N(c3ccccc3)c3ccc4c5ccccc5n(-c5cccc(-c6ccccc6)c5-c5ccccc5)c4c3)c(-c3ccccc3-c3ccccc3)c2)cc1. The van der Waals surface area contributed by atoms with Crippen LogP contribution in [0, 0.1) is 0 Å². The Bertz CT molecular complexity index is 3710. The molecule has 2 nitrogen and oxygen atoms in total. The molecule has 68 heavy (non-hydrogen) atoms. The highest BCUT2D eigenvalue weighted by molar-refractivity contribution is 6.11. The number of hydrogen-bond acceptors (Lipinski definition) is 1. The largest absolute Gasteiger partial charge is 0.310 e. The molecule has 0 aliphatic rings. The van der Waals surface area contributed by atoms with E-state index in [9.17, 15) is 0 Å². The summed E-state index contributed by atoms with van der Waals surface area (Å²) in [5.41, 5.74) is 20.8. The highest BCUT2D eigenvalue weighted by atomic mass is 15.1. The molecule has 0 fully saturated rings. The molecule has 0 radical (unpaired) electrons. The number of nitrogens with zero attached hydrogens (tertiary/aromatic N) is 2. The molecule has 1 aromatic heterocycles. The Morgan fingerprint density at radius 2 is 0.721 bits per heavy atom. The molecule has 0 aliphatic heterocycles. The number of hydrogen-bond donors (Lipinski definition) is 0. The van der Waals surface area contributed by atoms with E-state index >= 15 is 0 Å². The van der Waals surface area contributed by atoms with Crippen molar-refractivity contribution in [1.82, 2.24) is 4.57 Å². The second-order valence-electron chi connectivity index (χ2n) is 17.2. The molecule has 0 saturated carbocycles. The van der Waals surface area contributed by atoms with Gasteiger partial charge in [-0.05, 0) is 104 Å². The molecule has 0 spiro atoms. The number of aromatic nitrogens is 1. The third kappa shape index (κ3) is 7.35. The Balaban J connectivity index is 1.13. The van der Waals surface area contributed by atoms with Crippen LogP contribution in [0.4, 0.5) is 17.1 Å². The number of rotatable bonds is 10. The van der Waals surface area contributed by atoms with Crippen LogP contribution >= 0.6 is 0 Å². The lowest BCUT2D eigenvalue weighted by atomic mass is 9.89. The van der Waals surface area contributed by atoms with Crippen molar-refractivity contribution in [3.63, 3.8) is 0 Å². The lowest BCUT2D eigenvalue weighted by Gasteiger charge is -2.29. The molecule has 0 amide bonds. The summed E-state index contributed by atoms with van der Waals surface area (Å²) in [6, 6.07) is 101. The van der Waals surface area contributed by atoms with Crippen LogP contribution < -0.4 is 4.90 Å². The first-order valence-electron chi connectivity index (χ1n) is 23.3. The summed E-state index contributed by atoms with van der Waals surface area (Å²) >= 11 is 0. The molecule has 0 aliphatic carbocycles. The van der Waals surface area contributed by atoms with Crippen LogP contribution in [-0.4, -0.2) is 4.57 Å². The fourth-order valence-corrected chi connectivity index (χ4v) is 10.2. The fourth-order valence-electron chi connectivity index (χ4n) is 10.2. The van der Waals surface area contributed by atoms with Gasteiger partial charge in [0.25, 0.3) is 0 Å². The minimum absolute atomic E-state index is 1.06. The fraction of sp³-hybridized carbons (Fsp3) is 0. The monoisotopic (exact) mass is 866 g/mol. The molecule has 0 bridgehead atoms. The summed E-state index contributed by atoms with van der Waals surface area (Å²) < 4.78 is 2.49. The van der Waals surface area contributed by atoms with Crippen molar-refractivity contribution in [2.24, 2.45) is 0 Å². The molecule has 0 unspecified atom stereocenters. The average Bonchev–Trinajstić information content (AvgIpc) is 3.75. The third-order valence-electron chi connectivity index (χ3n) is 13.2. The maximum atomic E-state index is 2.49. The van der Waals surface area contributed by atoms with Gasteiger partial charge in [-0.25, -0.2) is 0 Å². The van der Waals surface area contributed by atoms with Crippen molar-refractivity contribution in [2.45, 2.75) is 0 Å². The molecule has 2 heteroatoms. The second kappa shape index (κ2) is 17.8. The van der Waals surface area contributed by atoms with Gasteiger partial charge in [-0.1, -0.05) is 231 Å². The zero-order chi connectivity index (χ0) is 45.2. The van der Waals surface area contributed by atoms with Crippen LogP contribution in [-0.2, 0) is 0 Å². The van der Waals surface area contributed by atoms with E-state index in [1.54, 1.807) is 0 Å². The van der Waals surface area contributed by atoms with Gasteiger partial charge in [0.05, 0.1) is 22.4 Å². The van der Waals surface area contributed by atoms with Crippen LogP contribution in [0.2, 0.25) is 0 Å². The summed E-state index contributed by atoms with van der Waals surface area (Å²) in [6.07, 6.45) is 0. The van der Waals surface area contributed by atoms with Gasteiger partial charge in [0.15, 0.2) is 0 Å². The number of para-hydroxylation sites is 2. The first-order chi connectivity index (χ1) is 33.8. The van der Waals surface area contributed by atoms with Gasteiger partial charge >= 0.3 is 0 Å². The molecule has 1 heterocycles. The van der Waals surface area contributed by atoms with Crippen LogP contribution in [0.3, 0.4) is 0 Å². The van der Waals surface area contributed by atoms with E-state index in [0.717, 1.165) is 50.5 Å². The Labute approximate surface area is 397 Å². The lowest BCUT2D eigenvalue weighted by molar-refractivity contribution is 1.18. The Kier molecular flexibility index (Phi) is 10.6. The van der Waals surface area contributed by atoms with Gasteiger partial charge in [-0.15, -0.1) is 0 Å². The van der Waals surface area contributed by atoms with E-state index in [1.807, 2.05) is 0 Å². The number of fused-ring (bicyclic) bond motifs is 3. The summed E-state index contributed by atoms with van der Waals surface area (Å²) in [6.45, 7) is 0. The van der Waals surface area contributed by atoms with Crippen molar-refractivity contribution in [3.8, 4) is 72.4 Å². The molecular weight excluding hydrogens is 821 g/mol. The van der Waals surface area contributed by atoms with E-state index in [1.165, 1.54) is 60.8 Å². The van der Waals surface area contributed by atoms with Crippen molar-refractivity contribution < 1.29 is 0 Å². The second-order valence-corrected chi connectivity index (χ2v) is 17.2. The molecular formula is C66H46N2. The first-order valence-corrected chi connectivity index (χ1v) is 23.3. The minimum atomic E-state index is 1.06. The van der Waals surface area contributed by atoms with Gasteiger partial charge in [-0.3, -0.25) is 0 Å². The van der Waals surface area contributed by atoms with E-state index in [2.05, 4.69) is 289 Å². The van der Waals surface area contributed by atoms with Gasteiger partial charge in [0, 0.05) is 33.3 Å². The van der Waals surface area contributed by atoms with Gasteiger partial charge < -0.3 is 9.47 Å². The van der Waals surface area contributed by atoms with E-state index < -0.39 is 0 Å². The molecule has 0 saturated heterocycles. The molecule has 0 N–H and O–H groups in total. The van der Waals surface area contributed by atoms with Crippen molar-refractivity contribution >= 4 is 38.9 Å². The average molecular weight is 867 g/mol. The molecule has 0 atom stereocenters. The zero-order valence-electron chi connectivity index (χ0n) is 37.5. The van der Waals surface area contributed by atoms with Crippen LogP contribution in [0.5, 0.6) is 0 Å². The number of benzene rings is 11. The minimum Gasteiger partial charge on any atom is -0.310 e. The van der Waals surface area contributed by atoms with Crippen molar-refractivity contribution in [1.29, 1.82) is 0 Å². The highest BCUT2D eigenvalue weighted by Crippen LogP contribution is 2.48. The van der Waals surface area contributed by atoms with Crippen LogP contribution in [0.25, 0.3) is 94.3 Å². The number of anilines is 3. The zero-order valence-corrected chi connectivity index (χ0v) is 37.5. The summed E-state index contributed by atoms with van der Waals surface area (Å²) in [7, 11) is 0. The van der Waals surface area contributed by atoms with Crippen LogP contribution in [0.15, 0.2) is 279 Å². The molecule has 11 aromatic carbocycles. The molecule has 12 rings (SSSR count). The first kappa shape index (κ1) is 40.5. The Hall–Kier alpha value is -8.98. The summed E-state index contributed by atoms with van der Waals surface area (Å²) in [5.74, 6) is 0. The predicted molar refractivity (Wildman–Crippen MR) is 288 cm³/mol. The lowest BCUT2D eigenvalue weighted by Crippen LogP contribution is -2.12. The standard InChI is InChI=1S/C66H46N2/c1-6-23-47(24-7-1)54-33-16-17-35-56(54)51-41-44-63(61(45-51)58-36-19-18-34-55(58)48-25-8-2-9-26-48)67(52-31-14-5-15-32-52)53-42-43-60-59-37-20-21-39-62(59)68(65(60)46-53)64-40-22-38-57(49-27-10-3-11-28-49)66(64)50-29-12-4-13-30-50/h1-46H. The van der Waals surface area contributed by atoms with Gasteiger partial charge in [-0.2, -0.15) is 0 Å². The normalized spacial score (nSPS) is 11.2. The van der Waals surface area contributed by atoms with Crippen molar-refractivity contribution in [3.05, 3.63) is 279 Å². The maximum absolute atomic E-state index is 2.49. The Morgan fingerprint density at radius 3 is 1.35 bits per heavy atom. The topological polar surface area (TPSA) is 8.17 Å². The summed E-state index contributed by atoms with van der Waals surface area (Å²) in [4.78, 5) is 2.45. The smallest absolute Gasteiger partial charge is 0.0562 e. The summed E-state index contributed by atoms with van der Waals surface area (Å²) in [5, 5.41) is 2.41. The predicted octanol–water partition coefficient (Wildman–Crippen LogP) is 18.3. The maximum Gasteiger partial charge on any atom is 0.0562 e. The van der Waals surface area contributed by atoms with E-state index in [4.69, 9.17) is 0 Å². The van der Waals surface area contributed by atoms with E-state index in [0.29, 0.717) is 0 Å². The van der Waals surface area contributed by atoms with Crippen molar-refractivity contribution in [2.75, 3.05) is 4.90 Å². The third-order valence-corrected chi connectivity index (χ3v) is 13.2. The van der Waals surface area contributed by atoms with Crippen LogP contribution in [0.1, 0.15) is 0 Å². The highest BCUT2D eigenvalue weighted by Gasteiger charge is 2.24. The van der Waals surface area contributed by atoms with E-state index in [-0.39, 0.29) is 0 Å². The van der Waals surface area contributed by atoms with Gasteiger partial charge in [0.2, 0.25) is 0 Å².